The summed E-state index contributed by atoms with van der Waals surface area (Å²) in [6.07, 6.45) is 8.36. The number of amides is 2. The zero-order valence-electron chi connectivity index (χ0n) is 17.6. The number of methoxy groups -OCH3 is 1. The van der Waals surface area contributed by atoms with Crippen LogP contribution in [0.1, 0.15) is 44.6 Å². The van der Waals surface area contributed by atoms with Crippen molar-refractivity contribution in [3.8, 4) is 11.5 Å². The third-order valence-corrected chi connectivity index (χ3v) is 5.73. The van der Waals surface area contributed by atoms with E-state index in [4.69, 9.17) is 9.47 Å². The fraction of sp³-hybridized carbons (Fsp3) is 0.565. The normalized spacial score (nSPS) is 18.1. The van der Waals surface area contributed by atoms with Crippen molar-refractivity contribution in [3.63, 3.8) is 0 Å². The molecule has 2 saturated heterocycles. The first-order chi connectivity index (χ1) is 14.1. The summed E-state index contributed by atoms with van der Waals surface area (Å²) in [4.78, 5) is 29.1. The monoisotopic (exact) mass is 400 g/mol. The van der Waals surface area contributed by atoms with Gasteiger partial charge in [0.25, 0.3) is 0 Å². The summed E-state index contributed by atoms with van der Waals surface area (Å²) in [6, 6.07) is 5.61. The Hall–Kier alpha value is -2.50. The Bertz CT molecular complexity index is 732. The van der Waals surface area contributed by atoms with Crippen LogP contribution in [0.3, 0.4) is 0 Å². The summed E-state index contributed by atoms with van der Waals surface area (Å²) in [7, 11) is 1.60. The highest BCUT2D eigenvalue weighted by Crippen LogP contribution is 2.28. The molecular weight excluding hydrogens is 368 g/mol. The lowest BCUT2D eigenvalue weighted by Gasteiger charge is -2.35. The molecule has 1 aromatic rings. The summed E-state index contributed by atoms with van der Waals surface area (Å²) in [6.45, 7) is 5.56. The van der Waals surface area contributed by atoms with Gasteiger partial charge in [-0.05, 0) is 62.8 Å². The summed E-state index contributed by atoms with van der Waals surface area (Å²) >= 11 is 0. The van der Waals surface area contributed by atoms with Gasteiger partial charge in [-0.2, -0.15) is 0 Å². The molecule has 0 saturated carbocycles. The van der Waals surface area contributed by atoms with Crippen molar-refractivity contribution in [2.75, 3.05) is 39.9 Å². The Morgan fingerprint density at radius 1 is 1.03 bits per heavy atom. The lowest BCUT2D eigenvalue weighted by molar-refractivity contribution is -0.140. The Morgan fingerprint density at radius 3 is 2.41 bits per heavy atom. The van der Waals surface area contributed by atoms with Crippen LogP contribution in [0.5, 0.6) is 11.5 Å². The molecule has 6 nitrogen and oxygen atoms in total. The van der Waals surface area contributed by atoms with Crippen LogP contribution in [0.25, 0.3) is 6.08 Å². The second kappa shape index (κ2) is 10.3. The molecule has 0 unspecified atom stereocenters. The van der Waals surface area contributed by atoms with E-state index in [1.54, 1.807) is 19.3 Å². The fourth-order valence-corrected chi connectivity index (χ4v) is 4.05. The van der Waals surface area contributed by atoms with Crippen molar-refractivity contribution < 1.29 is 19.1 Å². The van der Waals surface area contributed by atoms with Gasteiger partial charge < -0.3 is 19.3 Å². The summed E-state index contributed by atoms with van der Waals surface area (Å²) in [5, 5.41) is 0. The molecule has 0 aromatic heterocycles. The highest BCUT2D eigenvalue weighted by Gasteiger charge is 2.30. The van der Waals surface area contributed by atoms with E-state index >= 15 is 0 Å². The molecule has 2 aliphatic rings. The second-order valence-electron chi connectivity index (χ2n) is 7.66. The Balaban J connectivity index is 1.52. The first-order valence-electron chi connectivity index (χ1n) is 10.7. The standard InChI is InChI=1S/C23H32N2O4/c1-3-29-20-9-7-18(17-21(20)28-2)8-10-22(26)24-15-11-19(12-16-24)23(27)25-13-5-4-6-14-25/h7-10,17,19H,3-6,11-16H2,1-2H3/b10-8+. The van der Waals surface area contributed by atoms with E-state index in [1.165, 1.54) is 6.42 Å². The third kappa shape index (κ3) is 5.52. The first-order valence-corrected chi connectivity index (χ1v) is 10.7. The molecule has 0 radical (unpaired) electrons. The molecule has 2 aliphatic heterocycles. The number of likely N-dealkylation sites (tertiary alicyclic amines) is 2. The number of piperidine rings is 2. The van der Waals surface area contributed by atoms with Crippen molar-refractivity contribution in [1.29, 1.82) is 0 Å². The Morgan fingerprint density at radius 2 is 1.76 bits per heavy atom. The van der Waals surface area contributed by atoms with Gasteiger partial charge in [-0.15, -0.1) is 0 Å². The van der Waals surface area contributed by atoms with E-state index in [0.29, 0.717) is 31.2 Å². The zero-order valence-corrected chi connectivity index (χ0v) is 17.6. The topological polar surface area (TPSA) is 59.1 Å². The predicted octanol–water partition coefficient (Wildman–Crippen LogP) is 3.36. The summed E-state index contributed by atoms with van der Waals surface area (Å²) in [5.41, 5.74) is 0.883. The van der Waals surface area contributed by atoms with E-state index in [-0.39, 0.29) is 17.7 Å². The summed E-state index contributed by atoms with van der Waals surface area (Å²) in [5.74, 6) is 1.68. The van der Waals surface area contributed by atoms with Crippen LogP contribution in [-0.4, -0.2) is 61.5 Å². The minimum absolute atomic E-state index is 0.0123. The number of ether oxygens (including phenoxy) is 2. The lowest BCUT2D eigenvalue weighted by atomic mass is 9.94. The minimum atomic E-state index is -0.0123. The molecule has 3 rings (SSSR count). The van der Waals surface area contributed by atoms with Gasteiger partial charge in [0.05, 0.1) is 13.7 Å². The van der Waals surface area contributed by atoms with Gasteiger partial charge in [-0.1, -0.05) is 6.07 Å². The number of nitrogens with zero attached hydrogens (tertiary/aromatic N) is 2. The number of carbonyl (C=O) groups is 2. The maximum absolute atomic E-state index is 12.7. The van der Waals surface area contributed by atoms with Crippen LogP contribution >= 0.6 is 0 Å². The van der Waals surface area contributed by atoms with Crippen molar-refractivity contribution in [3.05, 3.63) is 29.8 Å². The number of rotatable bonds is 6. The van der Waals surface area contributed by atoms with Gasteiger partial charge in [0, 0.05) is 38.2 Å². The molecule has 1 aromatic carbocycles. The average Bonchev–Trinajstić information content (AvgIpc) is 2.78. The minimum Gasteiger partial charge on any atom is -0.493 e. The predicted molar refractivity (Wildman–Crippen MR) is 113 cm³/mol. The maximum Gasteiger partial charge on any atom is 0.246 e. The number of hydrogen-bond acceptors (Lipinski definition) is 4. The van der Waals surface area contributed by atoms with E-state index in [2.05, 4.69) is 0 Å². The van der Waals surface area contributed by atoms with Crippen molar-refractivity contribution in [2.24, 2.45) is 5.92 Å². The van der Waals surface area contributed by atoms with E-state index in [0.717, 1.165) is 44.3 Å². The van der Waals surface area contributed by atoms with Crippen molar-refractivity contribution in [1.82, 2.24) is 9.80 Å². The zero-order chi connectivity index (χ0) is 20.6. The Kier molecular flexibility index (Phi) is 7.55. The van der Waals surface area contributed by atoms with Crippen LogP contribution in [0, 0.1) is 5.92 Å². The van der Waals surface area contributed by atoms with Crippen LogP contribution in [0.4, 0.5) is 0 Å². The van der Waals surface area contributed by atoms with Gasteiger partial charge in [-0.3, -0.25) is 9.59 Å². The van der Waals surface area contributed by atoms with Crippen molar-refractivity contribution in [2.45, 2.75) is 39.0 Å². The quantitative estimate of drug-likeness (QED) is 0.687. The molecule has 0 spiro atoms. The molecule has 2 fully saturated rings. The van der Waals surface area contributed by atoms with Crippen LogP contribution in [0.15, 0.2) is 24.3 Å². The lowest BCUT2D eigenvalue weighted by Crippen LogP contribution is -2.45. The van der Waals surface area contributed by atoms with E-state index in [9.17, 15) is 9.59 Å². The second-order valence-corrected chi connectivity index (χ2v) is 7.66. The molecular formula is C23H32N2O4. The summed E-state index contributed by atoms with van der Waals surface area (Å²) < 4.78 is 10.9. The number of carbonyl (C=O) groups excluding carboxylic acids is 2. The molecule has 0 bridgehead atoms. The van der Waals surface area contributed by atoms with Gasteiger partial charge in [0.1, 0.15) is 0 Å². The maximum atomic E-state index is 12.7. The van der Waals surface area contributed by atoms with Crippen LogP contribution in [0.2, 0.25) is 0 Å². The molecule has 2 heterocycles. The fourth-order valence-electron chi connectivity index (χ4n) is 4.05. The van der Waals surface area contributed by atoms with Gasteiger partial charge in [-0.25, -0.2) is 0 Å². The van der Waals surface area contributed by atoms with E-state index < -0.39 is 0 Å². The highest BCUT2D eigenvalue weighted by molar-refractivity contribution is 5.92. The molecule has 29 heavy (non-hydrogen) atoms. The first kappa shape index (κ1) is 21.2. The number of hydrogen-bond donors (Lipinski definition) is 0. The Labute approximate surface area is 173 Å². The van der Waals surface area contributed by atoms with Crippen LogP contribution < -0.4 is 9.47 Å². The number of benzene rings is 1. The molecule has 6 heteroatoms. The molecule has 0 N–H and O–H groups in total. The third-order valence-electron chi connectivity index (χ3n) is 5.73. The van der Waals surface area contributed by atoms with E-state index in [1.807, 2.05) is 34.9 Å². The van der Waals surface area contributed by atoms with Gasteiger partial charge in [0.15, 0.2) is 11.5 Å². The smallest absolute Gasteiger partial charge is 0.246 e. The molecule has 0 aliphatic carbocycles. The highest BCUT2D eigenvalue weighted by atomic mass is 16.5. The van der Waals surface area contributed by atoms with Crippen molar-refractivity contribution >= 4 is 17.9 Å². The largest absolute Gasteiger partial charge is 0.493 e. The van der Waals surface area contributed by atoms with Gasteiger partial charge in [0.2, 0.25) is 11.8 Å². The molecule has 0 atom stereocenters. The SMILES string of the molecule is CCOc1ccc(/C=C/C(=O)N2CCC(C(=O)N3CCCCC3)CC2)cc1OC. The van der Waals surface area contributed by atoms with Crippen LogP contribution in [-0.2, 0) is 9.59 Å². The molecule has 2 amide bonds. The average molecular weight is 401 g/mol. The molecule has 158 valence electrons. The van der Waals surface area contributed by atoms with Gasteiger partial charge >= 0.3 is 0 Å².